The normalized spacial score (nSPS) is 18.3. The zero-order chi connectivity index (χ0) is 22.2. The number of imidazole rings is 1. The van der Waals surface area contributed by atoms with Crippen LogP contribution in [0.1, 0.15) is 90.4 Å². The summed E-state index contributed by atoms with van der Waals surface area (Å²) in [6.07, 6.45) is 9.95. The molecule has 5 nitrogen and oxygen atoms in total. The molecule has 1 aliphatic carbocycles. The molecule has 2 atom stereocenters. The van der Waals surface area contributed by atoms with Crippen LogP contribution >= 0.6 is 0 Å². The van der Waals surface area contributed by atoms with Crippen molar-refractivity contribution in [3.05, 3.63) is 36.3 Å². The maximum atomic E-state index is 8.75. The van der Waals surface area contributed by atoms with Crippen molar-refractivity contribution in [1.82, 2.24) is 19.9 Å². The lowest BCUT2D eigenvalue weighted by Gasteiger charge is -2.20. The van der Waals surface area contributed by atoms with Crippen LogP contribution in [0, 0.1) is 11.3 Å². The number of nitriles is 1. The summed E-state index contributed by atoms with van der Waals surface area (Å²) in [5, 5.41) is 13.5. The van der Waals surface area contributed by atoms with E-state index in [9.17, 15) is 0 Å². The predicted octanol–water partition coefficient (Wildman–Crippen LogP) is 6.50. The number of hydrogen-bond donors (Lipinski definition) is 1. The number of hydrogen-bond acceptors (Lipinski definition) is 4. The fourth-order valence-corrected chi connectivity index (χ4v) is 4.58. The van der Waals surface area contributed by atoms with Gasteiger partial charge in [-0.2, -0.15) is 5.26 Å². The molecule has 1 aliphatic rings. The van der Waals surface area contributed by atoms with E-state index in [4.69, 9.17) is 10.2 Å². The Morgan fingerprint density at radius 2 is 1.94 bits per heavy atom. The van der Waals surface area contributed by atoms with Crippen LogP contribution in [0.5, 0.6) is 0 Å². The van der Waals surface area contributed by atoms with E-state index in [-0.39, 0.29) is 0 Å². The van der Waals surface area contributed by atoms with Crippen LogP contribution in [0.15, 0.2) is 30.5 Å². The first-order chi connectivity index (χ1) is 15.1. The third-order valence-corrected chi connectivity index (χ3v) is 6.11. The van der Waals surface area contributed by atoms with E-state index >= 15 is 0 Å². The van der Waals surface area contributed by atoms with Gasteiger partial charge < -0.3 is 9.88 Å². The third kappa shape index (κ3) is 5.43. The largest absolute Gasteiger partial charge is 0.324 e. The standard InChI is InChI=1S/C21H25N5.C5H12/c1-14(2)21-25-19-13-24-18-7-4-3-6-17(18)20(19)26(21)16-9-8-15(12-16)23-11-5-10-22;1-3-5-4-2/h3-4,6-7,13-16,23H,5,8-9,11-12H2,1-2H3;3-5H2,1-2H3. The molecule has 2 aromatic heterocycles. The van der Waals surface area contributed by atoms with Crippen molar-refractivity contribution in [2.75, 3.05) is 6.54 Å². The molecule has 1 saturated carbocycles. The van der Waals surface area contributed by atoms with Crippen molar-refractivity contribution in [3.63, 3.8) is 0 Å². The molecule has 166 valence electrons. The molecule has 3 aromatic rings. The number of nitrogens with one attached hydrogen (secondary N) is 1. The third-order valence-electron chi connectivity index (χ3n) is 6.11. The zero-order valence-corrected chi connectivity index (χ0v) is 19.6. The summed E-state index contributed by atoms with van der Waals surface area (Å²) in [7, 11) is 0. The van der Waals surface area contributed by atoms with Gasteiger partial charge >= 0.3 is 0 Å². The zero-order valence-electron chi connectivity index (χ0n) is 19.6. The first kappa shape index (κ1) is 23.2. The Bertz CT molecular complexity index is 1010. The van der Waals surface area contributed by atoms with Crippen molar-refractivity contribution in [2.24, 2.45) is 0 Å². The number of nitrogens with zero attached hydrogens (tertiary/aromatic N) is 4. The van der Waals surface area contributed by atoms with Crippen LogP contribution in [-0.4, -0.2) is 27.1 Å². The highest BCUT2D eigenvalue weighted by Gasteiger charge is 2.30. The summed E-state index contributed by atoms with van der Waals surface area (Å²) in [5.74, 6) is 1.52. The second kappa shape index (κ2) is 11.2. The highest BCUT2D eigenvalue weighted by molar-refractivity contribution is 6.02. The smallest absolute Gasteiger partial charge is 0.112 e. The van der Waals surface area contributed by atoms with Crippen LogP contribution in [0.25, 0.3) is 21.9 Å². The van der Waals surface area contributed by atoms with Crippen molar-refractivity contribution in [3.8, 4) is 6.07 Å². The van der Waals surface area contributed by atoms with Crippen molar-refractivity contribution in [1.29, 1.82) is 5.26 Å². The van der Waals surface area contributed by atoms with E-state index in [1.807, 2.05) is 12.3 Å². The van der Waals surface area contributed by atoms with Crippen molar-refractivity contribution < 1.29 is 0 Å². The van der Waals surface area contributed by atoms with Gasteiger partial charge in [0, 0.05) is 36.4 Å². The van der Waals surface area contributed by atoms with Crippen LogP contribution in [-0.2, 0) is 0 Å². The lowest BCUT2D eigenvalue weighted by Crippen LogP contribution is -2.27. The number of unbranched alkanes of at least 4 members (excludes halogenated alkanes) is 2. The molecule has 1 aromatic carbocycles. The Balaban J connectivity index is 0.000000491. The van der Waals surface area contributed by atoms with E-state index < -0.39 is 0 Å². The molecular weight excluding hydrogens is 382 g/mol. The highest BCUT2D eigenvalue weighted by atomic mass is 15.1. The van der Waals surface area contributed by atoms with Gasteiger partial charge in [0.15, 0.2) is 0 Å². The molecule has 1 N–H and O–H groups in total. The SMILES string of the molecule is CC(C)c1nc2cnc3ccccc3c2n1C1CCC(NCCC#N)C1.CCCCC. The summed E-state index contributed by atoms with van der Waals surface area (Å²) in [6.45, 7) is 9.63. The molecule has 0 bridgehead atoms. The highest BCUT2D eigenvalue weighted by Crippen LogP contribution is 2.37. The van der Waals surface area contributed by atoms with Crippen molar-refractivity contribution in [2.45, 2.75) is 90.6 Å². The van der Waals surface area contributed by atoms with Gasteiger partial charge in [-0.3, -0.25) is 4.98 Å². The van der Waals surface area contributed by atoms with E-state index in [1.54, 1.807) is 0 Å². The Labute approximate surface area is 186 Å². The second-order valence-corrected chi connectivity index (χ2v) is 8.88. The molecular formula is C26H37N5. The van der Waals surface area contributed by atoms with Gasteiger partial charge in [0.2, 0.25) is 0 Å². The van der Waals surface area contributed by atoms with Crippen LogP contribution in [0.2, 0.25) is 0 Å². The summed E-state index contributed by atoms with van der Waals surface area (Å²) in [5.41, 5.74) is 3.24. The summed E-state index contributed by atoms with van der Waals surface area (Å²) in [4.78, 5) is 9.54. The molecule has 0 aliphatic heterocycles. The first-order valence-electron chi connectivity index (χ1n) is 12.0. The molecule has 31 heavy (non-hydrogen) atoms. The quantitative estimate of drug-likeness (QED) is 0.444. The fraction of sp³-hybridized carbons (Fsp3) is 0.577. The lowest BCUT2D eigenvalue weighted by atomic mass is 10.1. The number of pyridine rings is 1. The van der Waals surface area contributed by atoms with Gasteiger partial charge in [0.1, 0.15) is 11.3 Å². The van der Waals surface area contributed by atoms with E-state index in [1.165, 1.54) is 30.2 Å². The molecule has 0 saturated heterocycles. The van der Waals surface area contributed by atoms with Crippen LogP contribution in [0.4, 0.5) is 0 Å². The molecule has 2 heterocycles. The Morgan fingerprint density at radius 1 is 1.16 bits per heavy atom. The molecule has 1 fully saturated rings. The van der Waals surface area contributed by atoms with Gasteiger partial charge in [0.25, 0.3) is 0 Å². The molecule has 2 unspecified atom stereocenters. The van der Waals surface area contributed by atoms with Gasteiger partial charge in [-0.15, -0.1) is 0 Å². The molecule has 4 rings (SSSR count). The minimum absolute atomic E-state index is 0.367. The van der Waals surface area contributed by atoms with Gasteiger partial charge in [0.05, 0.1) is 23.3 Å². The minimum atomic E-state index is 0.367. The van der Waals surface area contributed by atoms with Crippen LogP contribution < -0.4 is 5.32 Å². The van der Waals surface area contributed by atoms with Crippen LogP contribution in [0.3, 0.4) is 0 Å². The topological polar surface area (TPSA) is 66.5 Å². The average Bonchev–Trinajstić information content (AvgIpc) is 3.39. The lowest BCUT2D eigenvalue weighted by molar-refractivity contribution is 0.468. The van der Waals surface area contributed by atoms with E-state index in [2.05, 4.69) is 66.8 Å². The van der Waals surface area contributed by atoms with Gasteiger partial charge in [-0.1, -0.05) is 65.2 Å². The molecule has 0 radical (unpaired) electrons. The average molecular weight is 420 g/mol. The summed E-state index contributed by atoms with van der Waals surface area (Å²) in [6, 6.07) is 11.5. The number of aromatic nitrogens is 3. The van der Waals surface area contributed by atoms with Crippen molar-refractivity contribution >= 4 is 21.9 Å². The number of para-hydroxylation sites is 1. The number of fused-ring (bicyclic) bond motifs is 3. The van der Waals surface area contributed by atoms with E-state index in [0.29, 0.717) is 24.4 Å². The number of benzene rings is 1. The maximum absolute atomic E-state index is 8.75. The first-order valence-corrected chi connectivity index (χ1v) is 12.0. The summed E-state index contributed by atoms with van der Waals surface area (Å²) >= 11 is 0. The van der Waals surface area contributed by atoms with Gasteiger partial charge in [-0.25, -0.2) is 4.98 Å². The Hall–Kier alpha value is -2.45. The summed E-state index contributed by atoms with van der Waals surface area (Å²) < 4.78 is 2.48. The predicted molar refractivity (Wildman–Crippen MR) is 129 cm³/mol. The fourth-order valence-electron chi connectivity index (χ4n) is 4.58. The van der Waals surface area contributed by atoms with E-state index in [0.717, 1.165) is 42.7 Å². The minimum Gasteiger partial charge on any atom is -0.324 e. The Morgan fingerprint density at radius 3 is 2.61 bits per heavy atom. The monoisotopic (exact) mass is 419 g/mol. The maximum Gasteiger partial charge on any atom is 0.112 e. The Kier molecular flexibility index (Phi) is 8.43. The van der Waals surface area contributed by atoms with Gasteiger partial charge in [-0.05, 0) is 25.3 Å². The molecule has 5 heteroatoms. The molecule has 0 amide bonds. The second-order valence-electron chi connectivity index (χ2n) is 8.88. The molecule has 0 spiro atoms. The number of rotatable bonds is 7.